The van der Waals surface area contributed by atoms with Gasteiger partial charge in [-0.25, -0.2) is 18.4 Å². The second-order valence-electron chi connectivity index (χ2n) is 7.43. The Balaban J connectivity index is 2.03. The number of fused-ring (bicyclic) bond motifs is 1. The number of pyridine rings is 1. The summed E-state index contributed by atoms with van der Waals surface area (Å²) in [6.45, 7) is 3.59. The lowest BCUT2D eigenvalue weighted by atomic mass is 9.92. The maximum absolute atomic E-state index is 13.7. The molecule has 2 atom stereocenters. The molecule has 1 aliphatic rings. The van der Waals surface area contributed by atoms with Crippen molar-refractivity contribution in [2.75, 3.05) is 13.1 Å². The molecule has 3 rings (SSSR count). The fourth-order valence-electron chi connectivity index (χ4n) is 4.14. The number of halogens is 1. The van der Waals surface area contributed by atoms with Gasteiger partial charge in [0.25, 0.3) is 0 Å². The second kappa shape index (κ2) is 8.86. The van der Waals surface area contributed by atoms with E-state index in [0.29, 0.717) is 33.8 Å². The van der Waals surface area contributed by atoms with E-state index in [9.17, 15) is 8.42 Å². The molecule has 1 saturated heterocycles. The lowest BCUT2D eigenvalue weighted by Gasteiger charge is -2.34. The number of nitrogens with zero attached hydrogens (tertiary/aromatic N) is 2. The molecule has 1 aliphatic heterocycles. The maximum atomic E-state index is 13.7. The fourth-order valence-corrected chi connectivity index (χ4v) is 6.64. The Labute approximate surface area is 166 Å². The monoisotopic (exact) mass is 409 g/mol. The summed E-state index contributed by atoms with van der Waals surface area (Å²) in [6.07, 6.45) is 7.09. The minimum absolute atomic E-state index is 0.0539. The zero-order valence-electron chi connectivity index (χ0n) is 15.8. The Hall–Kier alpha value is -1.21. The number of benzene rings is 1. The van der Waals surface area contributed by atoms with E-state index >= 15 is 0 Å². The molecule has 1 aromatic heterocycles. The van der Waals surface area contributed by atoms with Gasteiger partial charge < -0.3 is 0 Å². The molecule has 2 N–H and O–H groups in total. The van der Waals surface area contributed by atoms with Crippen LogP contribution in [-0.2, 0) is 9.84 Å². The minimum atomic E-state index is -3.52. The van der Waals surface area contributed by atoms with Crippen molar-refractivity contribution in [1.29, 1.82) is 0 Å². The van der Waals surface area contributed by atoms with Crippen molar-refractivity contribution in [3.63, 3.8) is 0 Å². The highest BCUT2D eigenvalue weighted by molar-refractivity contribution is 7.92. The van der Waals surface area contributed by atoms with Gasteiger partial charge in [-0.3, -0.25) is 5.84 Å². The molecule has 148 valence electrons. The Kier molecular flexibility index (Phi) is 6.74. The lowest BCUT2D eigenvalue weighted by molar-refractivity contribution is 0.170. The molecule has 0 amide bonds. The number of sulfone groups is 1. The van der Waals surface area contributed by atoms with E-state index in [2.05, 4.69) is 11.9 Å². The summed E-state index contributed by atoms with van der Waals surface area (Å²) in [5.41, 5.74) is 0. The average Bonchev–Trinajstić information content (AvgIpc) is 2.65. The van der Waals surface area contributed by atoms with Crippen LogP contribution in [-0.4, -0.2) is 36.8 Å². The first-order valence-corrected chi connectivity index (χ1v) is 11.6. The van der Waals surface area contributed by atoms with Gasteiger partial charge in [0.05, 0.1) is 10.1 Å². The molecule has 2 heterocycles. The van der Waals surface area contributed by atoms with E-state index in [1.54, 1.807) is 29.4 Å². The van der Waals surface area contributed by atoms with Gasteiger partial charge in [-0.2, -0.15) is 0 Å². The van der Waals surface area contributed by atoms with Crippen molar-refractivity contribution in [3.05, 3.63) is 35.6 Å². The quantitative estimate of drug-likeness (QED) is 0.421. The number of hydrogen-bond acceptors (Lipinski definition) is 5. The summed E-state index contributed by atoms with van der Waals surface area (Å²) in [5.74, 6) is 6.08. The highest BCUT2D eigenvalue weighted by Gasteiger charge is 2.37. The standard InChI is InChI=1S/C20H28ClN3O2S/c1-2-3-4-9-18(15-7-6-13-24(22)14-15)27(25,26)19-10-5-8-17-16(19)11-12-23-20(17)21/h5,8,10-12,15,18H,2-4,6-7,9,13-14,22H2,1H3. The molecule has 1 fully saturated rings. The van der Waals surface area contributed by atoms with Gasteiger partial charge in [0.15, 0.2) is 9.84 Å². The molecule has 0 saturated carbocycles. The molecule has 2 aromatic rings. The van der Waals surface area contributed by atoms with E-state index < -0.39 is 15.1 Å². The van der Waals surface area contributed by atoms with Crippen LogP contribution in [0.2, 0.25) is 5.15 Å². The molecule has 0 spiro atoms. The smallest absolute Gasteiger partial charge is 0.182 e. The van der Waals surface area contributed by atoms with Gasteiger partial charge in [-0.1, -0.05) is 49.9 Å². The number of unbranched alkanes of at least 4 members (excludes halogenated alkanes) is 2. The van der Waals surface area contributed by atoms with E-state index in [4.69, 9.17) is 17.4 Å². The summed E-state index contributed by atoms with van der Waals surface area (Å²) in [4.78, 5) is 4.44. The van der Waals surface area contributed by atoms with Crippen LogP contribution in [0.15, 0.2) is 35.4 Å². The Bertz CT molecular complexity index is 888. The Morgan fingerprint density at radius 3 is 2.85 bits per heavy atom. The summed E-state index contributed by atoms with van der Waals surface area (Å²) in [6, 6.07) is 7.01. The van der Waals surface area contributed by atoms with Crippen LogP contribution in [0, 0.1) is 5.92 Å². The van der Waals surface area contributed by atoms with Gasteiger partial charge in [-0.15, -0.1) is 0 Å². The van der Waals surface area contributed by atoms with Crippen molar-refractivity contribution < 1.29 is 8.42 Å². The third-order valence-corrected chi connectivity index (χ3v) is 8.22. The number of nitrogens with two attached hydrogens (primary N) is 1. The molecule has 7 heteroatoms. The first-order chi connectivity index (χ1) is 12.9. The van der Waals surface area contributed by atoms with Crippen LogP contribution in [0.5, 0.6) is 0 Å². The molecular formula is C20H28ClN3O2S. The van der Waals surface area contributed by atoms with Gasteiger partial charge >= 0.3 is 0 Å². The molecule has 27 heavy (non-hydrogen) atoms. The Morgan fingerprint density at radius 2 is 2.11 bits per heavy atom. The second-order valence-corrected chi connectivity index (χ2v) is 9.92. The van der Waals surface area contributed by atoms with Crippen molar-refractivity contribution in [2.24, 2.45) is 11.8 Å². The van der Waals surface area contributed by atoms with Crippen LogP contribution in [0.1, 0.15) is 45.4 Å². The van der Waals surface area contributed by atoms with E-state index in [1.807, 2.05) is 6.07 Å². The molecule has 0 aliphatic carbocycles. The minimum Gasteiger partial charge on any atom is -0.269 e. The molecule has 0 radical (unpaired) electrons. The molecular weight excluding hydrogens is 382 g/mol. The third kappa shape index (κ3) is 4.45. The summed E-state index contributed by atoms with van der Waals surface area (Å²) in [7, 11) is -3.52. The molecule has 5 nitrogen and oxygen atoms in total. The van der Waals surface area contributed by atoms with Crippen LogP contribution in [0.3, 0.4) is 0 Å². The zero-order valence-corrected chi connectivity index (χ0v) is 17.3. The van der Waals surface area contributed by atoms with Crippen molar-refractivity contribution in [3.8, 4) is 0 Å². The first kappa shape index (κ1) is 20.5. The predicted octanol–water partition coefficient (Wildman–Crippen LogP) is 4.20. The normalized spacial score (nSPS) is 20.0. The van der Waals surface area contributed by atoms with Crippen molar-refractivity contribution in [2.45, 2.75) is 55.6 Å². The summed E-state index contributed by atoms with van der Waals surface area (Å²) >= 11 is 6.20. The molecule has 1 aromatic carbocycles. The van der Waals surface area contributed by atoms with E-state index in [0.717, 1.165) is 38.6 Å². The van der Waals surface area contributed by atoms with Crippen LogP contribution in [0.4, 0.5) is 0 Å². The van der Waals surface area contributed by atoms with Crippen molar-refractivity contribution >= 4 is 32.2 Å². The highest BCUT2D eigenvalue weighted by atomic mass is 35.5. The van der Waals surface area contributed by atoms with Gasteiger partial charge in [0.1, 0.15) is 5.15 Å². The number of hydrazine groups is 1. The first-order valence-electron chi connectivity index (χ1n) is 9.72. The van der Waals surface area contributed by atoms with Crippen LogP contribution in [0.25, 0.3) is 10.8 Å². The topological polar surface area (TPSA) is 76.3 Å². The molecule has 0 bridgehead atoms. The van der Waals surface area contributed by atoms with Crippen LogP contribution >= 0.6 is 11.6 Å². The predicted molar refractivity (Wildman–Crippen MR) is 110 cm³/mol. The highest BCUT2D eigenvalue weighted by Crippen LogP contribution is 2.35. The number of piperidine rings is 1. The summed E-state index contributed by atoms with van der Waals surface area (Å²) < 4.78 is 27.5. The largest absolute Gasteiger partial charge is 0.269 e. The number of rotatable bonds is 7. The van der Waals surface area contributed by atoms with Crippen molar-refractivity contribution in [1.82, 2.24) is 9.99 Å². The number of aromatic nitrogens is 1. The zero-order chi connectivity index (χ0) is 19.4. The molecule has 2 unspecified atom stereocenters. The Morgan fingerprint density at radius 1 is 1.30 bits per heavy atom. The van der Waals surface area contributed by atoms with E-state index in [1.165, 1.54) is 0 Å². The van der Waals surface area contributed by atoms with Gasteiger partial charge in [0, 0.05) is 30.1 Å². The number of hydrogen-bond donors (Lipinski definition) is 1. The fraction of sp³-hybridized carbons (Fsp3) is 0.550. The summed E-state index contributed by atoms with van der Waals surface area (Å²) in [5, 5.41) is 3.00. The van der Waals surface area contributed by atoms with Gasteiger partial charge in [0.2, 0.25) is 0 Å². The maximum Gasteiger partial charge on any atom is 0.182 e. The van der Waals surface area contributed by atoms with Gasteiger partial charge in [-0.05, 0) is 37.3 Å². The van der Waals surface area contributed by atoms with Crippen LogP contribution < -0.4 is 5.84 Å². The van der Waals surface area contributed by atoms with E-state index in [-0.39, 0.29) is 5.92 Å². The lowest BCUT2D eigenvalue weighted by Crippen LogP contribution is -2.46. The third-order valence-electron chi connectivity index (χ3n) is 5.53. The average molecular weight is 410 g/mol. The SMILES string of the molecule is CCCCCC(C1CCCN(N)C1)S(=O)(=O)c1cccc2c(Cl)nccc12.